The van der Waals surface area contributed by atoms with Crippen molar-refractivity contribution in [1.29, 1.82) is 0 Å². The minimum Gasteiger partial charge on any atom is -0.321 e. The number of hydrogen-bond acceptors (Lipinski definition) is 3. The molecule has 90 valence electrons. The number of aromatic amines is 1. The van der Waals surface area contributed by atoms with Gasteiger partial charge in [0.15, 0.2) is 0 Å². The van der Waals surface area contributed by atoms with Gasteiger partial charge >= 0.3 is 0 Å². The van der Waals surface area contributed by atoms with Gasteiger partial charge in [-0.1, -0.05) is 20.8 Å². The summed E-state index contributed by atoms with van der Waals surface area (Å²) in [6, 6.07) is 0.183. The van der Waals surface area contributed by atoms with E-state index in [9.17, 15) is 13.6 Å². The number of halogens is 2. The van der Waals surface area contributed by atoms with Crippen LogP contribution in [0.3, 0.4) is 0 Å². The summed E-state index contributed by atoms with van der Waals surface area (Å²) >= 11 is 0. The molecule has 1 atom stereocenters. The third-order valence-corrected chi connectivity index (χ3v) is 2.23. The van der Waals surface area contributed by atoms with Gasteiger partial charge in [0.1, 0.15) is 11.5 Å². The van der Waals surface area contributed by atoms with Crippen LogP contribution in [0.15, 0.2) is 10.9 Å². The first-order valence-electron chi connectivity index (χ1n) is 4.86. The van der Waals surface area contributed by atoms with Crippen LogP contribution in [0.2, 0.25) is 0 Å². The number of rotatable bonds is 2. The predicted octanol–water partition coefficient (Wildman–Crippen LogP) is 1.75. The number of nitrogens with zero attached hydrogens (tertiary/aromatic N) is 1. The SMILES string of the molecule is CC(C)(C)C(N)c1nc(C(F)F)cc(=O)[nH]1. The molecule has 1 aromatic rings. The van der Waals surface area contributed by atoms with Crippen LogP contribution in [-0.4, -0.2) is 9.97 Å². The molecule has 1 unspecified atom stereocenters. The van der Waals surface area contributed by atoms with E-state index in [1.165, 1.54) is 0 Å². The van der Waals surface area contributed by atoms with Gasteiger partial charge in [0, 0.05) is 6.07 Å². The molecule has 0 spiro atoms. The molecule has 0 aliphatic rings. The lowest BCUT2D eigenvalue weighted by atomic mass is 9.87. The molecule has 0 bridgehead atoms. The molecule has 16 heavy (non-hydrogen) atoms. The fourth-order valence-corrected chi connectivity index (χ4v) is 1.17. The van der Waals surface area contributed by atoms with Crippen LogP contribution in [-0.2, 0) is 0 Å². The third-order valence-electron chi connectivity index (χ3n) is 2.23. The molecule has 6 heteroatoms. The van der Waals surface area contributed by atoms with Crippen molar-refractivity contribution in [3.8, 4) is 0 Å². The molecule has 0 saturated heterocycles. The van der Waals surface area contributed by atoms with Crippen LogP contribution in [0.1, 0.15) is 44.8 Å². The second-order valence-electron chi connectivity index (χ2n) is 4.70. The Labute approximate surface area is 91.9 Å². The summed E-state index contributed by atoms with van der Waals surface area (Å²) in [6.07, 6.45) is -2.77. The number of alkyl halides is 2. The van der Waals surface area contributed by atoms with E-state index in [-0.39, 0.29) is 11.2 Å². The van der Waals surface area contributed by atoms with Crippen molar-refractivity contribution >= 4 is 0 Å². The molecule has 3 N–H and O–H groups in total. The zero-order valence-corrected chi connectivity index (χ0v) is 9.42. The second-order valence-corrected chi connectivity index (χ2v) is 4.70. The van der Waals surface area contributed by atoms with Crippen molar-refractivity contribution in [1.82, 2.24) is 9.97 Å². The van der Waals surface area contributed by atoms with E-state index in [0.29, 0.717) is 0 Å². The first-order valence-corrected chi connectivity index (χ1v) is 4.86. The van der Waals surface area contributed by atoms with Gasteiger partial charge in [0.2, 0.25) is 0 Å². The predicted molar refractivity (Wildman–Crippen MR) is 56.2 cm³/mol. The topological polar surface area (TPSA) is 71.8 Å². The molecular formula is C10H15F2N3O. The maximum absolute atomic E-state index is 12.4. The molecule has 0 saturated carbocycles. The molecular weight excluding hydrogens is 216 g/mol. The van der Waals surface area contributed by atoms with E-state index in [0.717, 1.165) is 6.07 Å². The van der Waals surface area contributed by atoms with Gasteiger partial charge in [-0.2, -0.15) is 0 Å². The molecule has 0 amide bonds. The van der Waals surface area contributed by atoms with Crippen LogP contribution in [0.4, 0.5) is 8.78 Å². The van der Waals surface area contributed by atoms with E-state index >= 15 is 0 Å². The maximum Gasteiger partial charge on any atom is 0.280 e. The van der Waals surface area contributed by atoms with Crippen molar-refractivity contribution in [3.63, 3.8) is 0 Å². The summed E-state index contributed by atoms with van der Waals surface area (Å²) in [5.41, 5.74) is 4.31. The van der Waals surface area contributed by atoms with E-state index in [2.05, 4.69) is 9.97 Å². The van der Waals surface area contributed by atoms with Crippen molar-refractivity contribution < 1.29 is 8.78 Å². The quantitative estimate of drug-likeness (QED) is 0.814. The summed E-state index contributed by atoms with van der Waals surface area (Å²) < 4.78 is 24.9. The van der Waals surface area contributed by atoms with Gasteiger partial charge in [-0.05, 0) is 5.41 Å². The largest absolute Gasteiger partial charge is 0.321 e. The average Bonchev–Trinajstić information content (AvgIpc) is 2.14. The van der Waals surface area contributed by atoms with Crippen LogP contribution in [0.5, 0.6) is 0 Å². The van der Waals surface area contributed by atoms with Gasteiger partial charge < -0.3 is 10.7 Å². The zero-order chi connectivity index (χ0) is 12.5. The van der Waals surface area contributed by atoms with E-state index in [1.807, 2.05) is 20.8 Å². The molecule has 4 nitrogen and oxygen atoms in total. The lowest BCUT2D eigenvalue weighted by Crippen LogP contribution is -2.30. The van der Waals surface area contributed by atoms with E-state index in [1.54, 1.807) is 0 Å². The van der Waals surface area contributed by atoms with Crippen LogP contribution >= 0.6 is 0 Å². The number of hydrogen-bond donors (Lipinski definition) is 2. The Hall–Kier alpha value is -1.30. The maximum atomic E-state index is 12.4. The summed E-state index contributed by atoms with van der Waals surface area (Å²) in [5.74, 6) is 0.0929. The second kappa shape index (κ2) is 4.29. The molecule has 0 aliphatic heterocycles. The van der Waals surface area contributed by atoms with Crippen molar-refractivity contribution in [3.05, 3.63) is 27.9 Å². The highest BCUT2D eigenvalue weighted by molar-refractivity contribution is 5.08. The Balaban J connectivity index is 3.20. The van der Waals surface area contributed by atoms with Gasteiger partial charge in [-0.25, -0.2) is 13.8 Å². The van der Waals surface area contributed by atoms with E-state index < -0.39 is 23.7 Å². The molecule has 0 fully saturated rings. The van der Waals surface area contributed by atoms with Crippen LogP contribution in [0, 0.1) is 5.41 Å². The van der Waals surface area contributed by atoms with Crippen molar-refractivity contribution in [2.75, 3.05) is 0 Å². The van der Waals surface area contributed by atoms with Gasteiger partial charge in [0.25, 0.3) is 12.0 Å². The number of nitrogens with two attached hydrogens (primary N) is 1. The Morgan fingerprint density at radius 2 is 2.00 bits per heavy atom. The first kappa shape index (κ1) is 12.8. The zero-order valence-electron chi connectivity index (χ0n) is 9.42. The van der Waals surface area contributed by atoms with Gasteiger partial charge in [-0.15, -0.1) is 0 Å². The Bertz CT molecular complexity index is 423. The molecule has 1 rings (SSSR count). The molecule has 1 aromatic heterocycles. The normalized spacial score (nSPS) is 14.2. The third kappa shape index (κ3) is 2.85. The summed E-state index contributed by atoms with van der Waals surface area (Å²) in [4.78, 5) is 17.2. The van der Waals surface area contributed by atoms with Crippen LogP contribution in [0.25, 0.3) is 0 Å². The smallest absolute Gasteiger partial charge is 0.280 e. The molecule has 0 aliphatic carbocycles. The Kier molecular flexibility index (Phi) is 3.42. The number of nitrogens with one attached hydrogen (secondary N) is 1. The van der Waals surface area contributed by atoms with E-state index in [4.69, 9.17) is 5.73 Å². The lowest BCUT2D eigenvalue weighted by molar-refractivity contribution is 0.144. The summed E-state index contributed by atoms with van der Waals surface area (Å²) in [5, 5.41) is 0. The lowest BCUT2D eigenvalue weighted by Gasteiger charge is -2.26. The average molecular weight is 231 g/mol. The number of H-pyrrole nitrogens is 1. The minimum absolute atomic E-state index is 0.0929. The fraction of sp³-hybridized carbons (Fsp3) is 0.600. The molecule has 0 aromatic carbocycles. The molecule has 1 heterocycles. The highest BCUT2D eigenvalue weighted by Gasteiger charge is 2.25. The standard InChI is InChI=1S/C10H15F2N3O/c1-10(2,3)7(13)9-14-5(8(11)12)4-6(16)15-9/h4,7-8H,13H2,1-3H3,(H,14,15,16). The van der Waals surface area contributed by atoms with Gasteiger partial charge in [0.05, 0.1) is 6.04 Å². The Morgan fingerprint density at radius 1 is 1.44 bits per heavy atom. The van der Waals surface area contributed by atoms with Crippen molar-refractivity contribution in [2.24, 2.45) is 11.1 Å². The van der Waals surface area contributed by atoms with Crippen molar-refractivity contribution in [2.45, 2.75) is 33.2 Å². The highest BCUT2D eigenvalue weighted by Crippen LogP contribution is 2.28. The number of aromatic nitrogens is 2. The first-order chi connectivity index (χ1) is 7.21. The van der Waals surface area contributed by atoms with Gasteiger partial charge in [-0.3, -0.25) is 4.79 Å². The van der Waals surface area contributed by atoms with Crippen LogP contribution < -0.4 is 11.3 Å². The summed E-state index contributed by atoms with van der Waals surface area (Å²) in [7, 11) is 0. The molecule has 0 radical (unpaired) electrons. The monoisotopic (exact) mass is 231 g/mol. The minimum atomic E-state index is -2.77. The highest BCUT2D eigenvalue weighted by atomic mass is 19.3. The Morgan fingerprint density at radius 3 is 2.44 bits per heavy atom. The summed E-state index contributed by atoms with van der Waals surface area (Å²) in [6.45, 7) is 5.52. The fourth-order valence-electron chi connectivity index (χ4n) is 1.17.